The summed E-state index contributed by atoms with van der Waals surface area (Å²) in [6.45, 7) is 9.68. The highest BCUT2D eigenvalue weighted by atomic mass is 16.5. The van der Waals surface area contributed by atoms with Crippen LogP contribution < -0.4 is 0 Å². The first-order chi connectivity index (χ1) is 7.42. The first kappa shape index (κ1) is 14.0. The smallest absolute Gasteiger partial charge is 0.0836 e. The lowest BCUT2D eigenvalue weighted by Crippen LogP contribution is -2.36. The van der Waals surface area contributed by atoms with Gasteiger partial charge in [0.1, 0.15) is 0 Å². The van der Waals surface area contributed by atoms with Crippen molar-refractivity contribution in [2.24, 2.45) is 11.3 Å². The zero-order chi connectivity index (χ0) is 12.2. The molecule has 96 valence electrons. The van der Waals surface area contributed by atoms with Crippen LogP contribution in [0, 0.1) is 11.3 Å². The summed E-state index contributed by atoms with van der Waals surface area (Å²) >= 11 is 0. The average Bonchev–Trinajstić information content (AvgIpc) is 2.19. The average molecular weight is 228 g/mol. The van der Waals surface area contributed by atoms with Gasteiger partial charge in [-0.1, -0.05) is 34.1 Å². The van der Waals surface area contributed by atoms with Gasteiger partial charge in [-0.15, -0.1) is 0 Å². The van der Waals surface area contributed by atoms with Gasteiger partial charge in [-0.05, 0) is 37.0 Å². The second kappa shape index (κ2) is 6.02. The van der Waals surface area contributed by atoms with Gasteiger partial charge in [-0.25, -0.2) is 0 Å². The Morgan fingerprint density at radius 3 is 2.50 bits per heavy atom. The maximum Gasteiger partial charge on any atom is 0.0836 e. The fourth-order valence-corrected chi connectivity index (χ4v) is 2.26. The number of aliphatic hydroxyl groups is 1. The minimum absolute atomic E-state index is 0.0843. The molecule has 2 nitrogen and oxygen atoms in total. The van der Waals surface area contributed by atoms with Gasteiger partial charge in [-0.2, -0.15) is 0 Å². The largest absolute Gasteiger partial charge is 0.390 e. The van der Waals surface area contributed by atoms with Crippen molar-refractivity contribution in [3.8, 4) is 0 Å². The summed E-state index contributed by atoms with van der Waals surface area (Å²) in [5, 5.41) is 9.89. The molecule has 0 bridgehead atoms. The molecule has 1 fully saturated rings. The number of ether oxygens (including phenoxy) is 1. The Labute approximate surface area is 100 Å². The normalized spacial score (nSPS) is 31.7. The maximum atomic E-state index is 9.89. The van der Waals surface area contributed by atoms with Gasteiger partial charge < -0.3 is 9.84 Å². The number of rotatable bonds is 4. The molecule has 0 aromatic carbocycles. The van der Waals surface area contributed by atoms with E-state index in [2.05, 4.69) is 27.7 Å². The van der Waals surface area contributed by atoms with Crippen LogP contribution in [0.15, 0.2) is 0 Å². The molecule has 1 aliphatic rings. The molecule has 0 amide bonds. The third-order valence-corrected chi connectivity index (χ3v) is 3.63. The Kier molecular flexibility index (Phi) is 5.26. The van der Waals surface area contributed by atoms with Crippen LogP contribution in [0.1, 0.15) is 59.8 Å². The fraction of sp³-hybridized carbons (Fsp3) is 1.00. The Balaban J connectivity index is 2.28. The van der Waals surface area contributed by atoms with E-state index in [-0.39, 0.29) is 12.2 Å². The molecule has 3 unspecified atom stereocenters. The molecule has 1 rings (SSSR count). The van der Waals surface area contributed by atoms with Crippen LogP contribution >= 0.6 is 0 Å². The predicted molar refractivity (Wildman–Crippen MR) is 67.5 cm³/mol. The van der Waals surface area contributed by atoms with Crippen LogP contribution in [-0.4, -0.2) is 23.9 Å². The van der Waals surface area contributed by atoms with E-state index in [4.69, 9.17) is 4.74 Å². The van der Waals surface area contributed by atoms with Crippen molar-refractivity contribution < 1.29 is 9.84 Å². The van der Waals surface area contributed by atoms with E-state index in [1.807, 2.05) is 0 Å². The summed E-state index contributed by atoms with van der Waals surface area (Å²) in [5.74, 6) is 0.753. The minimum atomic E-state index is -0.234. The summed E-state index contributed by atoms with van der Waals surface area (Å²) in [4.78, 5) is 0. The number of hydrogen-bond donors (Lipinski definition) is 1. The molecule has 3 atom stereocenters. The Hall–Kier alpha value is -0.0800. The van der Waals surface area contributed by atoms with Crippen LogP contribution in [0.5, 0.6) is 0 Å². The molecule has 0 aliphatic heterocycles. The molecule has 16 heavy (non-hydrogen) atoms. The monoisotopic (exact) mass is 228 g/mol. The molecule has 1 aliphatic carbocycles. The molecule has 2 heteroatoms. The predicted octanol–water partition coefficient (Wildman–Crippen LogP) is 3.38. The molecule has 0 spiro atoms. The van der Waals surface area contributed by atoms with Crippen LogP contribution in [0.3, 0.4) is 0 Å². The minimum Gasteiger partial charge on any atom is -0.390 e. The molecule has 1 saturated carbocycles. The SMILES string of the molecule is CCC1CCC(O)C(OCCC(C)(C)C)C1. The highest BCUT2D eigenvalue weighted by molar-refractivity contribution is 4.80. The Morgan fingerprint density at radius 2 is 1.94 bits per heavy atom. The third-order valence-electron chi connectivity index (χ3n) is 3.63. The summed E-state index contributed by atoms with van der Waals surface area (Å²) in [6.07, 6.45) is 5.25. The highest BCUT2D eigenvalue weighted by Gasteiger charge is 2.29. The standard InChI is InChI=1S/C14H28O2/c1-5-11-6-7-12(15)13(10-11)16-9-8-14(2,3)4/h11-13,15H,5-10H2,1-4H3. The van der Waals surface area contributed by atoms with Crippen LogP contribution in [-0.2, 0) is 4.74 Å². The lowest BCUT2D eigenvalue weighted by atomic mass is 9.84. The van der Waals surface area contributed by atoms with Crippen molar-refractivity contribution in [3.63, 3.8) is 0 Å². The van der Waals surface area contributed by atoms with E-state index < -0.39 is 0 Å². The van der Waals surface area contributed by atoms with E-state index >= 15 is 0 Å². The van der Waals surface area contributed by atoms with Crippen molar-refractivity contribution in [2.75, 3.05) is 6.61 Å². The first-order valence-corrected chi connectivity index (χ1v) is 6.72. The first-order valence-electron chi connectivity index (χ1n) is 6.72. The summed E-state index contributed by atoms with van der Waals surface area (Å²) in [6, 6.07) is 0. The topological polar surface area (TPSA) is 29.5 Å². The van der Waals surface area contributed by atoms with Gasteiger partial charge in [0.25, 0.3) is 0 Å². The second-order valence-corrected chi connectivity index (χ2v) is 6.37. The van der Waals surface area contributed by atoms with E-state index in [9.17, 15) is 5.11 Å². The molecule has 0 aromatic rings. The lowest BCUT2D eigenvalue weighted by molar-refractivity contribution is -0.0764. The Bertz CT molecular complexity index is 195. The quantitative estimate of drug-likeness (QED) is 0.799. The van der Waals surface area contributed by atoms with E-state index in [1.54, 1.807) is 0 Å². The van der Waals surface area contributed by atoms with Gasteiger partial charge in [0.05, 0.1) is 12.2 Å². The second-order valence-electron chi connectivity index (χ2n) is 6.37. The van der Waals surface area contributed by atoms with E-state index in [0.29, 0.717) is 5.41 Å². The van der Waals surface area contributed by atoms with Gasteiger partial charge in [0.15, 0.2) is 0 Å². The molecule has 0 radical (unpaired) electrons. The van der Waals surface area contributed by atoms with Crippen LogP contribution in [0.25, 0.3) is 0 Å². The highest BCUT2D eigenvalue weighted by Crippen LogP contribution is 2.29. The summed E-state index contributed by atoms with van der Waals surface area (Å²) < 4.78 is 5.85. The van der Waals surface area contributed by atoms with Crippen LogP contribution in [0.2, 0.25) is 0 Å². The third kappa shape index (κ3) is 4.84. The lowest BCUT2D eigenvalue weighted by Gasteiger charge is -2.33. The molecular formula is C14H28O2. The van der Waals surface area contributed by atoms with Crippen molar-refractivity contribution >= 4 is 0 Å². The van der Waals surface area contributed by atoms with Gasteiger partial charge in [-0.3, -0.25) is 0 Å². The zero-order valence-electron chi connectivity index (χ0n) is 11.3. The van der Waals surface area contributed by atoms with Crippen LogP contribution in [0.4, 0.5) is 0 Å². The van der Waals surface area contributed by atoms with Crippen molar-refractivity contribution in [2.45, 2.75) is 72.0 Å². The van der Waals surface area contributed by atoms with Gasteiger partial charge in [0.2, 0.25) is 0 Å². The van der Waals surface area contributed by atoms with E-state index in [0.717, 1.165) is 38.2 Å². The zero-order valence-corrected chi connectivity index (χ0v) is 11.3. The molecule has 0 heterocycles. The number of hydrogen-bond acceptors (Lipinski definition) is 2. The molecule has 0 aromatic heterocycles. The Morgan fingerprint density at radius 1 is 1.25 bits per heavy atom. The maximum absolute atomic E-state index is 9.89. The van der Waals surface area contributed by atoms with Crippen molar-refractivity contribution in [1.29, 1.82) is 0 Å². The fourth-order valence-electron chi connectivity index (χ4n) is 2.26. The molecule has 1 N–H and O–H groups in total. The van der Waals surface area contributed by atoms with Gasteiger partial charge in [0, 0.05) is 6.61 Å². The van der Waals surface area contributed by atoms with Gasteiger partial charge >= 0.3 is 0 Å². The van der Waals surface area contributed by atoms with Crippen molar-refractivity contribution in [1.82, 2.24) is 0 Å². The van der Waals surface area contributed by atoms with Crippen molar-refractivity contribution in [3.05, 3.63) is 0 Å². The van der Waals surface area contributed by atoms with E-state index in [1.165, 1.54) is 6.42 Å². The number of aliphatic hydroxyl groups excluding tert-OH is 1. The summed E-state index contributed by atoms with van der Waals surface area (Å²) in [7, 11) is 0. The molecular weight excluding hydrogens is 200 g/mol. The molecule has 0 saturated heterocycles. The summed E-state index contributed by atoms with van der Waals surface area (Å²) in [5.41, 5.74) is 0.323.